The van der Waals surface area contributed by atoms with Crippen LogP contribution in [0.2, 0.25) is 0 Å². The van der Waals surface area contributed by atoms with Gasteiger partial charge in [-0.3, -0.25) is 4.79 Å². The van der Waals surface area contributed by atoms with Crippen molar-refractivity contribution in [1.82, 2.24) is 29.8 Å². The molecule has 4 rings (SSSR count). The standard InChI is InChI=1S/C24H31N9O2/c1-15-8-9-17(27-23(34)20-12-16(2)35-31-20)13-19(15)28-21-18-14-26-24(29-22(18)33(5)30-21)25-10-6-7-11-32(3)4/h8-9,12-14H,6-7,10-11H2,1-5H3,(H,27,34)(H,28,30)(H,25,26,29). The summed E-state index contributed by atoms with van der Waals surface area (Å²) in [5.74, 6) is 1.46. The summed E-state index contributed by atoms with van der Waals surface area (Å²) < 4.78 is 6.71. The van der Waals surface area contributed by atoms with E-state index >= 15 is 0 Å². The first-order valence-corrected chi connectivity index (χ1v) is 11.5. The van der Waals surface area contributed by atoms with Gasteiger partial charge in [-0.05, 0) is 65.0 Å². The molecule has 184 valence electrons. The Bertz CT molecular complexity index is 1330. The summed E-state index contributed by atoms with van der Waals surface area (Å²) >= 11 is 0. The highest BCUT2D eigenvalue weighted by atomic mass is 16.5. The number of hydrogen-bond donors (Lipinski definition) is 3. The molecule has 1 aromatic carbocycles. The number of aromatic nitrogens is 5. The zero-order valence-corrected chi connectivity index (χ0v) is 20.7. The molecule has 0 fully saturated rings. The largest absolute Gasteiger partial charge is 0.361 e. The molecule has 0 aliphatic rings. The molecule has 0 unspecified atom stereocenters. The second-order valence-corrected chi connectivity index (χ2v) is 8.77. The van der Waals surface area contributed by atoms with Crippen molar-refractivity contribution in [1.29, 1.82) is 0 Å². The van der Waals surface area contributed by atoms with Crippen molar-refractivity contribution in [3.63, 3.8) is 0 Å². The lowest BCUT2D eigenvalue weighted by molar-refractivity contribution is 0.101. The van der Waals surface area contributed by atoms with Gasteiger partial charge in [-0.1, -0.05) is 11.2 Å². The second kappa shape index (κ2) is 10.5. The molecule has 4 aromatic rings. The number of rotatable bonds is 10. The predicted molar refractivity (Wildman–Crippen MR) is 136 cm³/mol. The molecular formula is C24H31N9O2. The maximum Gasteiger partial charge on any atom is 0.277 e. The zero-order chi connectivity index (χ0) is 24.9. The summed E-state index contributed by atoms with van der Waals surface area (Å²) in [5, 5.41) is 18.7. The Labute approximate surface area is 203 Å². The third-order valence-corrected chi connectivity index (χ3v) is 5.50. The number of anilines is 4. The molecule has 3 N–H and O–H groups in total. The van der Waals surface area contributed by atoms with Gasteiger partial charge >= 0.3 is 0 Å². The van der Waals surface area contributed by atoms with E-state index in [0.717, 1.165) is 48.2 Å². The molecule has 0 bridgehead atoms. The highest BCUT2D eigenvalue weighted by molar-refractivity contribution is 6.03. The van der Waals surface area contributed by atoms with E-state index in [2.05, 4.69) is 55.2 Å². The summed E-state index contributed by atoms with van der Waals surface area (Å²) in [6, 6.07) is 7.20. The van der Waals surface area contributed by atoms with Crippen LogP contribution in [-0.4, -0.2) is 62.9 Å². The number of hydrogen-bond acceptors (Lipinski definition) is 9. The zero-order valence-electron chi connectivity index (χ0n) is 20.7. The van der Waals surface area contributed by atoms with Crippen LogP contribution in [0.3, 0.4) is 0 Å². The molecule has 0 spiro atoms. The Balaban J connectivity index is 1.47. The van der Waals surface area contributed by atoms with E-state index in [1.54, 1.807) is 23.9 Å². The first kappa shape index (κ1) is 24.1. The molecule has 11 heteroatoms. The molecule has 1 amide bonds. The average molecular weight is 478 g/mol. The van der Waals surface area contributed by atoms with Crippen LogP contribution < -0.4 is 16.0 Å². The Morgan fingerprint density at radius 3 is 2.74 bits per heavy atom. The summed E-state index contributed by atoms with van der Waals surface area (Å²) in [7, 11) is 6.00. The summed E-state index contributed by atoms with van der Waals surface area (Å²) in [6.07, 6.45) is 3.92. The molecule has 0 saturated heterocycles. The van der Waals surface area contributed by atoms with Crippen LogP contribution >= 0.6 is 0 Å². The average Bonchev–Trinajstić information content (AvgIpc) is 3.39. The monoisotopic (exact) mass is 477 g/mol. The van der Waals surface area contributed by atoms with Crippen molar-refractivity contribution in [3.8, 4) is 0 Å². The van der Waals surface area contributed by atoms with Gasteiger partial charge in [-0.2, -0.15) is 10.1 Å². The molecule has 0 atom stereocenters. The maximum absolute atomic E-state index is 12.4. The minimum Gasteiger partial charge on any atom is -0.361 e. The van der Waals surface area contributed by atoms with Gasteiger partial charge in [0.25, 0.3) is 5.91 Å². The molecule has 3 heterocycles. The van der Waals surface area contributed by atoms with E-state index in [0.29, 0.717) is 23.2 Å². The van der Waals surface area contributed by atoms with E-state index in [9.17, 15) is 4.79 Å². The Morgan fingerprint density at radius 2 is 2.00 bits per heavy atom. The van der Waals surface area contributed by atoms with E-state index in [1.165, 1.54) is 0 Å². The summed E-state index contributed by atoms with van der Waals surface area (Å²) in [5.41, 5.74) is 3.38. The fourth-order valence-corrected chi connectivity index (χ4v) is 3.60. The number of nitrogens with zero attached hydrogens (tertiary/aromatic N) is 6. The van der Waals surface area contributed by atoms with Crippen LogP contribution in [0, 0.1) is 13.8 Å². The minimum absolute atomic E-state index is 0.229. The number of nitrogens with one attached hydrogen (secondary N) is 3. The molecular weight excluding hydrogens is 446 g/mol. The fraction of sp³-hybridized carbons (Fsp3) is 0.375. The van der Waals surface area contributed by atoms with Crippen LogP contribution in [0.4, 0.5) is 23.1 Å². The predicted octanol–water partition coefficient (Wildman–Crippen LogP) is 3.72. The van der Waals surface area contributed by atoms with Crippen LogP contribution in [0.5, 0.6) is 0 Å². The summed E-state index contributed by atoms with van der Waals surface area (Å²) in [6.45, 7) is 5.59. The number of carbonyl (C=O) groups is 1. The number of fused-ring (bicyclic) bond motifs is 1. The van der Waals surface area contributed by atoms with Crippen LogP contribution in [0.25, 0.3) is 11.0 Å². The molecule has 11 nitrogen and oxygen atoms in total. The third kappa shape index (κ3) is 5.93. The summed E-state index contributed by atoms with van der Waals surface area (Å²) in [4.78, 5) is 23.7. The van der Waals surface area contributed by atoms with Crippen molar-refractivity contribution in [2.45, 2.75) is 26.7 Å². The quantitative estimate of drug-likeness (QED) is 0.293. The third-order valence-electron chi connectivity index (χ3n) is 5.50. The Kier molecular flexibility index (Phi) is 7.25. The lowest BCUT2D eigenvalue weighted by Gasteiger charge is -2.11. The highest BCUT2D eigenvalue weighted by Crippen LogP contribution is 2.28. The fourth-order valence-electron chi connectivity index (χ4n) is 3.60. The van der Waals surface area contributed by atoms with Crippen molar-refractivity contribution in [2.75, 3.05) is 43.1 Å². The number of benzene rings is 1. The highest BCUT2D eigenvalue weighted by Gasteiger charge is 2.15. The topological polar surface area (TPSA) is 126 Å². The minimum atomic E-state index is -0.338. The molecule has 0 saturated carbocycles. The first-order valence-electron chi connectivity index (χ1n) is 11.5. The number of amides is 1. The second-order valence-electron chi connectivity index (χ2n) is 8.77. The van der Waals surface area contributed by atoms with E-state index in [4.69, 9.17) is 4.52 Å². The van der Waals surface area contributed by atoms with Crippen molar-refractivity contribution in [3.05, 3.63) is 47.5 Å². The number of unbranched alkanes of at least 4 members (excludes halogenated alkanes) is 1. The van der Waals surface area contributed by atoms with Gasteiger partial charge in [0.2, 0.25) is 5.95 Å². The van der Waals surface area contributed by atoms with Crippen LogP contribution in [-0.2, 0) is 7.05 Å². The van der Waals surface area contributed by atoms with E-state index < -0.39 is 0 Å². The normalized spacial score (nSPS) is 11.3. The van der Waals surface area contributed by atoms with Crippen molar-refractivity contribution >= 4 is 40.1 Å². The lowest BCUT2D eigenvalue weighted by Crippen LogP contribution is -2.14. The Hall–Kier alpha value is -3.99. The number of aryl methyl sites for hydroxylation is 3. The smallest absolute Gasteiger partial charge is 0.277 e. The van der Waals surface area contributed by atoms with E-state index in [-0.39, 0.29) is 11.6 Å². The van der Waals surface area contributed by atoms with Gasteiger partial charge in [0.15, 0.2) is 17.2 Å². The van der Waals surface area contributed by atoms with Crippen LogP contribution in [0.15, 0.2) is 35.0 Å². The Morgan fingerprint density at radius 1 is 1.17 bits per heavy atom. The number of carbonyl (C=O) groups excluding carboxylic acids is 1. The molecule has 3 aromatic heterocycles. The SMILES string of the molecule is Cc1cc(C(=O)Nc2ccc(C)c(Nc3nn(C)c4nc(NCCCCN(C)C)ncc34)c2)no1. The lowest BCUT2D eigenvalue weighted by atomic mass is 10.1. The van der Waals surface area contributed by atoms with Gasteiger partial charge in [-0.15, -0.1) is 0 Å². The molecule has 0 aliphatic heterocycles. The van der Waals surface area contributed by atoms with Gasteiger partial charge in [-0.25, -0.2) is 9.67 Å². The molecule has 0 radical (unpaired) electrons. The van der Waals surface area contributed by atoms with Crippen molar-refractivity contribution in [2.24, 2.45) is 7.05 Å². The maximum atomic E-state index is 12.4. The van der Waals surface area contributed by atoms with Crippen molar-refractivity contribution < 1.29 is 9.32 Å². The van der Waals surface area contributed by atoms with Crippen LogP contribution in [0.1, 0.15) is 34.7 Å². The molecule has 0 aliphatic carbocycles. The van der Waals surface area contributed by atoms with Gasteiger partial charge in [0.05, 0.1) is 5.39 Å². The van der Waals surface area contributed by atoms with Gasteiger partial charge in [0.1, 0.15) is 5.76 Å². The van der Waals surface area contributed by atoms with Gasteiger partial charge < -0.3 is 25.4 Å². The van der Waals surface area contributed by atoms with Gasteiger partial charge in [0, 0.05) is 37.2 Å². The first-order chi connectivity index (χ1) is 16.8. The molecule has 35 heavy (non-hydrogen) atoms. The van der Waals surface area contributed by atoms with E-state index in [1.807, 2.05) is 32.2 Å².